The van der Waals surface area contributed by atoms with Crippen molar-refractivity contribution in [2.24, 2.45) is 0 Å². The Bertz CT molecular complexity index is 1330. The van der Waals surface area contributed by atoms with Gasteiger partial charge in [0.2, 0.25) is 5.91 Å². The zero-order valence-electron chi connectivity index (χ0n) is 18.4. The van der Waals surface area contributed by atoms with Crippen molar-refractivity contribution in [3.8, 4) is 11.5 Å². The molecule has 3 heterocycles. The molecule has 0 aliphatic carbocycles. The molecule has 3 aromatic carbocycles. The highest BCUT2D eigenvalue weighted by Gasteiger charge is 2.30. The number of carbonyl (C=O) groups excluding carboxylic acids is 1. The molecule has 6 rings (SSSR count). The zero-order valence-corrected chi connectivity index (χ0v) is 18.4. The Morgan fingerprint density at radius 1 is 0.909 bits per heavy atom. The quantitative estimate of drug-likeness (QED) is 0.451. The second-order valence-corrected chi connectivity index (χ2v) is 8.66. The van der Waals surface area contributed by atoms with Crippen molar-refractivity contribution in [3.63, 3.8) is 0 Å². The van der Waals surface area contributed by atoms with E-state index in [1.54, 1.807) is 0 Å². The summed E-state index contributed by atoms with van der Waals surface area (Å²) in [5, 5.41) is 5.45. The van der Waals surface area contributed by atoms with Gasteiger partial charge in [0.1, 0.15) is 11.2 Å². The number of hydrogen-bond donors (Lipinski definition) is 1. The van der Waals surface area contributed by atoms with Crippen LogP contribution < -0.4 is 14.8 Å². The van der Waals surface area contributed by atoms with Crippen LogP contribution in [0.3, 0.4) is 0 Å². The fraction of sp³-hybridized carbons (Fsp3) is 0.296. The zero-order chi connectivity index (χ0) is 22.2. The number of amides is 1. The number of carbonyl (C=O) groups is 1. The van der Waals surface area contributed by atoms with E-state index in [0.717, 1.165) is 70.5 Å². The largest absolute Gasteiger partial charge is 0.490 e. The highest BCUT2D eigenvalue weighted by Crippen LogP contribution is 2.38. The summed E-state index contributed by atoms with van der Waals surface area (Å²) >= 11 is 0. The van der Waals surface area contributed by atoms with Crippen molar-refractivity contribution < 1.29 is 18.7 Å². The Balaban J connectivity index is 1.18. The molecule has 1 aromatic heterocycles. The number of likely N-dealkylation sites (tertiary alicyclic amines) is 1. The minimum atomic E-state index is 0.0664. The number of benzene rings is 3. The normalized spacial score (nSPS) is 17.9. The van der Waals surface area contributed by atoms with Gasteiger partial charge >= 0.3 is 0 Å². The summed E-state index contributed by atoms with van der Waals surface area (Å²) in [6.45, 7) is 2.35. The molecule has 0 spiro atoms. The van der Waals surface area contributed by atoms with E-state index >= 15 is 0 Å². The Labute approximate surface area is 192 Å². The number of ether oxygens (including phenoxy) is 2. The Hall–Kier alpha value is -3.67. The van der Waals surface area contributed by atoms with Gasteiger partial charge in [-0.25, -0.2) is 0 Å². The van der Waals surface area contributed by atoms with Gasteiger partial charge in [0.05, 0.1) is 25.8 Å². The molecule has 4 aromatic rings. The highest BCUT2D eigenvalue weighted by molar-refractivity contribution is 6.06. The molecule has 2 aliphatic rings. The van der Waals surface area contributed by atoms with Crippen molar-refractivity contribution in [3.05, 3.63) is 66.2 Å². The topological polar surface area (TPSA) is 63.9 Å². The molecule has 6 heteroatoms. The van der Waals surface area contributed by atoms with Gasteiger partial charge in [-0.3, -0.25) is 4.79 Å². The lowest BCUT2D eigenvalue weighted by atomic mass is 10.0. The molecule has 1 N–H and O–H groups in total. The van der Waals surface area contributed by atoms with Crippen LogP contribution in [0.2, 0.25) is 0 Å². The molecule has 1 atom stereocenters. The van der Waals surface area contributed by atoms with Gasteiger partial charge in [-0.05, 0) is 54.8 Å². The van der Waals surface area contributed by atoms with Gasteiger partial charge in [0.25, 0.3) is 0 Å². The van der Waals surface area contributed by atoms with Gasteiger partial charge in [0, 0.05) is 29.4 Å². The molecular weight excluding hydrogens is 416 g/mol. The number of nitrogens with one attached hydrogen (secondary N) is 1. The summed E-state index contributed by atoms with van der Waals surface area (Å²) in [5.74, 6) is 1.67. The van der Waals surface area contributed by atoms with Crippen LogP contribution in [0.1, 0.15) is 30.9 Å². The smallest absolute Gasteiger partial charge is 0.242 e. The third kappa shape index (κ3) is 3.75. The minimum absolute atomic E-state index is 0.0664. The predicted molar refractivity (Wildman–Crippen MR) is 128 cm³/mol. The first-order valence-electron chi connectivity index (χ1n) is 11.6. The van der Waals surface area contributed by atoms with E-state index in [0.29, 0.717) is 13.2 Å². The second kappa shape index (κ2) is 8.35. The third-order valence-corrected chi connectivity index (χ3v) is 6.55. The molecule has 0 bridgehead atoms. The van der Waals surface area contributed by atoms with Crippen molar-refractivity contribution in [1.29, 1.82) is 0 Å². The van der Waals surface area contributed by atoms with Crippen LogP contribution in [-0.2, 0) is 4.79 Å². The maximum atomic E-state index is 13.2. The Morgan fingerprint density at radius 2 is 1.76 bits per heavy atom. The summed E-state index contributed by atoms with van der Waals surface area (Å²) in [6, 6.07) is 20.1. The maximum absolute atomic E-state index is 13.2. The van der Waals surface area contributed by atoms with Crippen LogP contribution in [0.4, 0.5) is 5.69 Å². The van der Waals surface area contributed by atoms with Gasteiger partial charge in [-0.2, -0.15) is 0 Å². The number of anilines is 1. The summed E-state index contributed by atoms with van der Waals surface area (Å²) in [5.41, 5.74) is 3.74. The second-order valence-electron chi connectivity index (χ2n) is 8.66. The first-order chi connectivity index (χ1) is 16.3. The molecule has 1 fully saturated rings. The lowest BCUT2D eigenvalue weighted by Gasteiger charge is -2.26. The number of nitrogens with zero attached hydrogens (tertiary/aromatic N) is 1. The van der Waals surface area contributed by atoms with E-state index < -0.39 is 0 Å². The summed E-state index contributed by atoms with van der Waals surface area (Å²) < 4.78 is 17.5. The Kier molecular flexibility index (Phi) is 5.06. The van der Waals surface area contributed by atoms with Gasteiger partial charge in [-0.1, -0.05) is 24.3 Å². The number of fused-ring (bicyclic) bond motifs is 4. The maximum Gasteiger partial charge on any atom is 0.242 e. The number of hydrogen-bond acceptors (Lipinski definition) is 5. The monoisotopic (exact) mass is 442 g/mol. The van der Waals surface area contributed by atoms with Crippen LogP contribution >= 0.6 is 0 Å². The van der Waals surface area contributed by atoms with Crippen LogP contribution in [0.5, 0.6) is 11.5 Å². The minimum Gasteiger partial charge on any atom is -0.490 e. The first-order valence-corrected chi connectivity index (χ1v) is 11.6. The lowest BCUT2D eigenvalue weighted by Crippen LogP contribution is -2.35. The molecule has 1 amide bonds. The van der Waals surface area contributed by atoms with Crippen molar-refractivity contribution >= 4 is 33.5 Å². The molecule has 33 heavy (non-hydrogen) atoms. The molecule has 6 nitrogen and oxygen atoms in total. The summed E-state index contributed by atoms with van der Waals surface area (Å²) in [4.78, 5) is 15.1. The standard InChI is InChI=1S/C27H26N2O4/c30-27(17-28-19-9-11-24-21(16-19)20-5-1-2-7-23(20)33-24)29-12-3-6-22(29)18-8-10-25-26(15-18)32-14-4-13-31-25/h1-2,5,7-11,15-16,22,28H,3-4,6,12-14,17H2/t22-/m1/s1. The number of furan rings is 1. The molecule has 0 radical (unpaired) electrons. The fourth-order valence-corrected chi connectivity index (χ4v) is 4.91. The number of rotatable bonds is 4. The number of para-hydroxylation sites is 1. The van der Waals surface area contributed by atoms with Crippen LogP contribution in [0, 0.1) is 0 Å². The van der Waals surface area contributed by atoms with Crippen LogP contribution in [-0.4, -0.2) is 37.1 Å². The molecule has 0 saturated carbocycles. The SMILES string of the molecule is O=C(CNc1ccc2oc3ccccc3c2c1)N1CCC[C@@H]1c1ccc2c(c1)OCCCO2. The molecular formula is C27H26N2O4. The molecule has 0 unspecified atom stereocenters. The van der Waals surface area contributed by atoms with Gasteiger partial charge in [0.15, 0.2) is 11.5 Å². The van der Waals surface area contributed by atoms with Crippen LogP contribution in [0.25, 0.3) is 21.9 Å². The van der Waals surface area contributed by atoms with E-state index in [4.69, 9.17) is 13.9 Å². The molecule has 1 saturated heterocycles. The lowest BCUT2D eigenvalue weighted by molar-refractivity contribution is -0.130. The molecule has 168 valence electrons. The van der Waals surface area contributed by atoms with Crippen molar-refractivity contribution in [1.82, 2.24) is 4.90 Å². The first kappa shape index (κ1) is 20.0. The van der Waals surface area contributed by atoms with E-state index in [2.05, 4.69) is 23.5 Å². The highest BCUT2D eigenvalue weighted by atomic mass is 16.5. The third-order valence-electron chi connectivity index (χ3n) is 6.55. The summed E-state index contributed by atoms with van der Waals surface area (Å²) in [7, 11) is 0. The summed E-state index contributed by atoms with van der Waals surface area (Å²) in [6.07, 6.45) is 2.83. The van der Waals surface area contributed by atoms with E-state index in [1.807, 2.05) is 47.4 Å². The van der Waals surface area contributed by atoms with E-state index in [9.17, 15) is 4.79 Å². The average molecular weight is 443 g/mol. The fourth-order valence-electron chi connectivity index (χ4n) is 4.91. The average Bonchev–Trinajstić information content (AvgIpc) is 3.40. The van der Waals surface area contributed by atoms with Gasteiger partial charge < -0.3 is 24.1 Å². The predicted octanol–water partition coefficient (Wildman–Crippen LogP) is 5.52. The Morgan fingerprint density at radius 3 is 2.70 bits per heavy atom. The van der Waals surface area contributed by atoms with E-state index in [-0.39, 0.29) is 18.5 Å². The van der Waals surface area contributed by atoms with Gasteiger partial charge in [-0.15, -0.1) is 0 Å². The van der Waals surface area contributed by atoms with Crippen LogP contribution in [0.15, 0.2) is 65.1 Å². The van der Waals surface area contributed by atoms with Crippen molar-refractivity contribution in [2.75, 3.05) is 31.6 Å². The van der Waals surface area contributed by atoms with E-state index in [1.165, 1.54) is 0 Å². The van der Waals surface area contributed by atoms with Crippen molar-refractivity contribution in [2.45, 2.75) is 25.3 Å². The molecule has 2 aliphatic heterocycles.